The molecule has 0 aromatic carbocycles. The summed E-state index contributed by atoms with van der Waals surface area (Å²) in [5.41, 5.74) is 0. The molecule has 1 amide bonds. The molecule has 15 nitrogen and oxygen atoms in total. The largest absolute Gasteiger partial charge is 0.410 e. The molecule has 0 spiro atoms. The second kappa shape index (κ2) is 11.1. The maximum atomic E-state index is 11.5. The summed E-state index contributed by atoms with van der Waals surface area (Å²) in [5, 5.41) is 82.0. The Bertz CT molecular complexity index is 638. The Morgan fingerprint density at radius 2 is 1.88 bits per heavy atom. The van der Waals surface area contributed by atoms with Gasteiger partial charge in [-0.1, -0.05) is 0 Å². The van der Waals surface area contributed by atoms with Crippen LogP contribution in [-0.4, -0.2) is 134 Å². The van der Waals surface area contributed by atoms with Crippen molar-refractivity contribution in [1.29, 1.82) is 0 Å². The molecule has 186 valence electrons. The first-order valence-electron chi connectivity index (χ1n) is 9.70. The van der Waals surface area contributed by atoms with Gasteiger partial charge >= 0.3 is 5.97 Å². The highest BCUT2D eigenvalue weighted by atomic mass is 16.9. The van der Waals surface area contributed by atoms with E-state index in [9.17, 15) is 45.3 Å². The number of hydrogen-bond donors (Lipinski definition) is 9. The molecule has 0 saturated carbocycles. The highest BCUT2D eigenvalue weighted by Gasteiger charge is 2.57. The molecule has 32 heavy (non-hydrogen) atoms. The van der Waals surface area contributed by atoms with Crippen molar-refractivity contribution in [1.82, 2.24) is 5.32 Å². The SMILES string of the molecule is CC(=O)NC1C(O)CC(OC=O)(OC2C(O)C(O)OC(CO)C2O)OC1[C@@H](O)[C@H](O)CO. The lowest BCUT2D eigenvalue weighted by atomic mass is 9.91. The highest BCUT2D eigenvalue weighted by molar-refractivity contribution is 5.73. The molecule has 2 aliphatic heterocycles. The van der Waals surface area contributed by atoms with Gasteiger partial charge in [-0.3, -0.25) is 9.59 Å². The Balaban J connectivity index is 2.40. The molecule has 0 aromatic rings. The fraction of sp³-hybridized carbons (Fsp3) is 0.882. The number of aliphatic hydroxyl groups is 8. The van der Waals surface area contributed by atoms with Gasteiger partial charge in [0.05, 0.1) is 31.8 Å². The first-order valence-corrected chi connectivity index (χ1v) is 9.70. The number of carbonyl (C=O) groups excluding carboxylic acids is 2. The quantitative estimate of drug-likeness (QED) is 0.112. The van der Waals surface area contributed by atoms with Crippen LogP contribution in [0, 0.1) is 0 Å². The van der Waals surface area contributed by atoms with E-state index in [0.29, 0.717) is 0 Å². The van der Waals surface area contributed by atoms with Crippen LogP contribution in [0.4, 0.5) is 0 Å². The highest BCUT2D eigenvalue weighted by Crippen LogP contribution is 2.37. The van der Waals surface area contributed by atoms with Crippen LogP contribution >= 0.6 is 0 Å². The summed E-state index contributed by atoms with van der Waals surface area (Å²) in [4.78, 5) is 22.7. The summed E-state index contributed by atoms with van der Waals surface area (Å²) >= 11 is 0. The molecule has 9 N–H and O–H groups in total. The van der Waals surface area contributed by atoms with Gasteiger partial charge in [0.25, 0.3) is 6.47 Å². The summed E-state index contributed by atoms with van der Waals surface area (Å²) in [5.74, 6) is -3.25. The van der Waals surface area contributed by atoms with Crippen LogP contribution in [0.15, 0.2) is 0 Å². The van der Waals surface area contributed by atoms with Gasteiger partial charge in [-0.05, 0) is 0 Å². The third-order valence-electron chi connectivity index (χ3n) is 5.21. The molecular weight excluding hydrogens is 442 g/mol. The second-order valence-electron chi connectivity index (χ2n) is 7.53. The second-order valence-corrected chi connectivity index (χ2v) is 7.53. The Hall–Kier alpha value is -1.50. The number of nitrogens with one attached hydrogen (secondary N) is 1. The maximum Gasteiger partial charge on any atom is 0.332 e. The van der Waals surface area contributed by atoms with E-state index in [1.807, 2.05) is 0 Å². The molecular formula is C17H29NO14. The van der Waals surface area contributed by atoms with Gasteiger partial charge in [-0.15, -0.1) is 0 Å². The van der Waals surface area contributed by atoms with Gasteiger partial charge in [-0.2, -0.15) is 0 Å². The van der Waals surface area contributed by atoms with E-state index in [1.54, 1.807) is 0 Å². The zero-order valence-corrected chi connectivity index (χ0v) is 17.0. The fourth-order valence-corrected chi connectivity index (χ4v) is 3.62. The van der Waals surface area contributed by atoms with Crippen molar-refractivity contribution in [3.8, 4) is 0 Å². The molecule has 15 heteroatoms. The van der Waals surface area contributed by atoms with Crippen LogP contribution in [0.25, 0.3) is 0 Å². The van der Waals surface area contributed by atoms with Gasteiger partial charge < -0.3 is 65.1 Å². The number of carbonyl (C=O) groups is 2. The molecule has 2 saturated heterocycles. The van der Waals surface area contributed by atoms with Gasteiger partial charge in [0, 0.05) is 6.92 Å². The third-order valence-corrected chi connectivity index (χ3v) is 5.21. The molecule has 0 aromatic heterocycles. The van der Waals surface area contributed by atoms with E-state index >= 15 is 0 Å². The zero-order valence-electron chi connectivity index (χ0n) is 17.0. The normalized spacial score (nSPS) is 42.0. The molecule has 0 radical (unpaired) electrons. The number of rotatable bonds is 9. The molecule has 11 atom stereocenters. The summed E-state index contributed by atoms with van der Waals surface area (Å²) in [6.45, 7) is -0.780. The Labute approximate surface area is 181 Å². The fourth-order valence-electron chi connectivity index (χ4n) is 3.62. The van der Waals surface area contributed by atoms with Crippen LogP contribution in [0.2, 0.25) is 0 Å². The van der Waals surface area contributed by atoms with Gasteiger partial charge in [0.1, 0.15) is 42.7 Å². The van der Waals surface area contributed by atoms with Crippen molar-refractivity contribution in [3.63, 3.8) is 0 Å². The van der Waals surface area contributed by atoms with Crippen molar-refractivity contribution in [3.05, 3.63) is 0 Å². The van der Waals surface area contributed by atoms with Crippen LogP contribution in [0.1, 0.15) is 13.3 Å². The van der Waals surface area contributed by atoms with Crippen molar-refractivity contribution >= 4 is 12.4 Å². The Morgan fingerprint density at radius 3 is 2.41 bits per heavy atom. The summed E-state index contributed by atoms with van der Waals surface area (Å²) < 4.78 is 20.6. The number of amides is 1. The number of aliphatic hydroxyl groups excluding tert-OH is 8. The van der Waals surface area contributed by atoms with Crippen LogP contribution in [0.5, 0.6) is 0 Å². The molecule has 2 aliphatic rings. The van der Waals surface area contributed by atoms with E-state index in [0.717, 1.165) is 6.92 Å². The topological polar surface area (TPSA) is 245 Å². The van der Waals surface area contributed by atoms with Crippen LogP contribution in [0.3, 0.4) is 0 Å². The molecule has 0 bridgehead atoms. The Kier molecular flexibility index (Phi) is 9.26. The van der Waals surface area contributed by atoms with Crippen molar-refractivity contribution in [2.45, 2.75) is 80.5 Å². The van der Waals surface area contributed by atoms with Crippen molar-refractivity contribution in [2.75, 3.05) is 13.2 Å². The average Bonchev–Trinajstić information content (AvgIpc) is 2.74. The van der Waals surface area contributed by atoms with E-state index in [2.05, 4.69) is 5.32 Å². The molecule has 0 aliphatic carbocycles. The zero-order chi connectivity index (χ0) is 24.2. The van der Waals surface area contributed by atoms with Gasteiger partial charge in [-0.25, -0.2) is 0 Å². The molecule has 2 heterocycles. The molecule has 2 rings (SSSR count). The number of ether oxygens (including phenoxy) is 4. The lowest BCUT2D eigenvalue weighted by molar-refractivity contribution is -0.441. The van der Waals surface area contributed by atoms with E-state index in [4.69, 9.17) is 24.1 Å². The Morgan fingerprint density at radius 1 is 1.22 bits per heavy atom. The monoisotopic (exact) mass is 471 g/mol. The minimum atomic E-state index is -2.60. The first kappa shape index (κ1) is 26.7. The number of hydrogen-bond acceptors (Lipinski definition) is 14. The summed E-state index contributed by atoms with van der Waals surface area (Å²) in [6, 6.07) is -1.36. The van der Waals surface area contributed by atoms with Gasteiger partial charge in [0.2, 0.25) is 5.91 Å². The van der Waals surface area contributed by atoms with Gasteiger partial charge in [0.15, 0.2) is 6.29 Å². The van der Waals surface area contributed by atoms with Crippen LogP contribution < -0.4 is 5.32 Å². The third kappa shape index (κ3) is 5.70. The van der Waals surface area contributed by atoms with Crippen LogP contribution in [-0.2, 0) is 28.5 Å². The predicted molar refractivity (Wildman–Crippen MR) is 96.9 cm³/mol. The lowest BCUT2D eigenvalue weighted by Crippen LogP contribution is -2.69. The predicted octanol–water partition coefficient (Wildman–Crippen LogP) is -6.00. The van der Waals surface area contributed by atoms with E-state index in [-0.39, 0.29) is 6.47 Å². The van der Waals surface area contributed by atoms with E-state index < -0.39 is 92.7 Å². The average molecular weight is 471 g/mol. The van der Waals surface area contributed by atoms with Crippen molar-refractivity contribution < 1.29 is 69.4 Å². The van der Waals surface area contributed by atoms with E-state index in [1.165, 1.54) is 0 Å². The maximum absolute atomic E-state index is 11.5. The molecule has 2 fully saturated rings. The smallest absolute Gasteiger partial charge is 0.332 e. The standard InChI is InChI=1S/C17H29NO14/c1-6(22)18-10-7(23)2-17(29-5-21,31-14(10)11(25)8(24)3-19)32-15-12(26)9(4-20)30-16(28)13(15)27/h5,7-16,19-20,23-28H,2-4H2,1H3,(H,18,22)/t7?,8-,9?,10?,11+,12?,13?,14?,15?,16?,17?/m1/s1. The minimum Gasteiger partial charge on any atom is -0.410 e. The molecule has 9 unspecified atom stereocenters. The van der Waals surface area contributed by atoms with Crippen molar-refractivity contribution in [2.24, 2.45) is 0 Å². The summed E-state index contributed by atoms with van der Waals surface area (Å²) in [6.07, 6.45) is -16.7. The first-order chi connectivity index (χ1) is 15.0. The summed E-state index contributed by atoms with van der Waals surface area (Å²) in [7, 11) is 0. The lowest BCUT2D eigenvalue weighted by Gasteiger charge is -2.49. The minimum absolute atomic E-state index is 0.157.